The number of aryl methyl sites for hydroxylation is 2. The first kappa shape index (κ1) is 18.1. The molecule has 0 aromatic heterocycles. The normalized spacial score (nSPS) is 17.7. The van der Waals surface area contributed by atoms with E-state index in [1.54, 1.807) is 0 Å². The minimum Gasteiger partial charge on any atom is -0.417 e. The van der Waals surface area contributed by atoms with Crippen molar-refractivity contribution in [2.45, 2.75) is 70.6 Å². The zero-order chi connectivity index (χ0) is 17.1. The van der Waals surface area contributed by atoms with Crippen LogP contribution in [-0.2, 0) is 17.3 Å². The number of rotatable bonds is 6. The molecule has 0 spiro atoms. The van der Waals surface area contributed by atoms with Crippen LogP contribution in [0.15, 0.2) is 23.3 Å². The van der Waals surface area contributed by atoms with E-state index in [-0.39, 0.29) is 11.1 Å². The maximum Gasteiger partial charge on any atom is 0.191 e. The van der Waals surface area contributed by atoms with Gasteiger partial charge in [0.25, 0.3) is 0 Å². The van der Waals surface area contributed by atoms with Crippen LogP contribution >= 0.6 is 0 Å². The minimum atomic E-state index is -1.62. The van der Waals surface area contributed by atoms with E-state index in [0.29, 0.717) is 0 Å². The molecular formula is C18H29N3OSi. The zero-order valence-electron chi connectivity index (χ0n) is 15.1. The molecule has 2 rings (SSSR count). The lowest BCUT2D eigenvalue weighted by Gasteiger charge is -2.36. The van der Waals surface area contributed by atoms with Crippen molar-refractivity contribution in [2.24, 2.45) is 5.11 Å². The van der Waals surface area contributed by atoms with Gasteiger partial charge in [0.1, 0.15) is 0 Å². The molecule has 126 valence electrons. The van der Waals surface area contributed by atoms with Gasteiger partial charge in [-0.15, -0.1) is 0 Å². The summed E-state index contributed by atoms with van der Waals surface area (Å²) in [6, 6.07) is 6.64. The summed E-state index contributed by atoms with van der Waals surface area (Å²) < 4.78 is 6.24. The molecule has 5 heteroatoms. The summed E-state index contributed by atoms with van der Waals surface area (Å²) >= 11 is 0. The molecule has 0 radical (unpaired) electrons. The molecule has 0 fully saturated rings. The van der Waals surface area contributed by atoms with Gasteiger partial charge in [0.15, 0.2) is 8.32 Å². The van der Waals surface area contributed by atoms with Crippen molar-refractivity contribution >= 4 is 8.32 Å². The fourth-order valence-electron chi connectivity index (χ4n) is 2.81. The molecule has 0 N–H and O–H groups in total. The Morgan fingerprint density at radius 1 is 1.35 bits per heavy atom. The first-order valence-corrected chi connectivity index (χ1v) is 11.5. The fraction of sp³-hybridized carbons (Fsp3) is 0.667. The Balaban J connectivity index is 1.87. The highest BCUT2D eigenvalue weighted by molar-refractivity contribution is 6.74. The number of azide groups is 1. The largest absolute Gasteiger partial charge is 0.417 e. The van der Waals surface area contributed by atoms with Crippen LogP contribution in [0.4, 0.5) is 0 Å². The number of nitrogens with zero attached hydrogens (tertiary/aromatic N) is 3. The monoisotopic (exact) mass is 331 g/mol. The van der Waals surface area contributed by atoms with Gasteiger partial charge in [0.2, 0.25) is 0 Å². The molecule has 1 aromatic carbocycles. The molecule has 1 atom stereocenters. The van der Waals surface area contributed by atoms with Gasteiger partial charge in [-0.1, -0.05) is 44.1 Å². The SMILES string of the molecule is CC(C)(C)[Si](C)(C)OCCCc1ccc2c(c1)CCC2N=[N+]=[N-]. The standard InChI is InChI=1S/C18H29N3OSi/c1-18(2,3)23(4,5)22-12-6-7-14-8-10-16-15(13-14)9-11-17(16)20-21-19/h8,10,13,17H,6-7,9,11-12H2,1-5H3. The van der Waals surface area contributed by atoms with Gasteiger partial charge in [-0.05, 0) is 66.0 Å². The Hall–Kier alpha value is -1.29. The van der Waals surface area contributed by atoms with Gasteiger partial charge in [-0.25, -0.2) is 0 Å². The van der Waals surface area contributed by atoms with Crippen molar-refractivity contribution in [3.05, 3.63) is 45.3 Å². The van der Waals surface area contributed by atoms with E-state index >= 15 is 0 Å². The molecule has 1 aliphatic carbocycles. The lowest BCUT2D eigenvalue weighted by Crippen LogP contribution is -2.41. The molecule has 0 aliphatic heterocycles. The van der Waals surface area contributed by atoms with Crippen LogP contribution in [0.25, 0.3) is 10.4 Å². The molecule has 1 unspecified atom stereocenters. The van der Waals surface area contributed by atoms with Crippen LogP contribution in [0, 0.1) is 0 Å². The van der Waals surface area contributed by atoms with Crippen molar-refractivity contribution in [1.29, 1.82) is 0 Å². The third kappa shape index (κ3) is 4.37. The first-order chi connectivity index (χ1) is 10.7. The lowest BCUT2D eigenvalue weighted by atomic mass is 10.0. The topological polar surface area (TPSA) is 58.0 Å². The van der Waals surface area contributed by atoms with E-state index in [4.69, 9.17) is 9.96 Å². The molecule has 1 aromatic rings. The van der Waals surface area contributed by atoms with Crippen LogP contribution < -0.4 is 0 Å². The summed E-state index contributed by atoms with van der Waals surface area (Å²) in [4.78, 5) is 2.95. The van der Waals surface area contributed by atoms with Crippen molar-refractivity contribution in [2.75, 3.05) is 6.61 Å². The van der Waals surface area contributed by atoms with E-state index in [1.165, 1.54) is 16.7 Å². The molecule has 4 nitrogen and oxygen atoms in total. The van der Waals surface area contributed by atoms with E-state index in [9.17, 15) is 0 Å². The van der Waals surface area contributed by atoms with E-state index in [1.807, 2.05) is 0 Å². The number of fused-ring (bicyclic) bond motifs is 1. The number of hydrogen-bond donors (Lipinski definition) is 0. The molecule has 0 amide bonds. The maximum atomic E-state index is 8.62. The second-order valence-electron chi connectivity index (χ2n) is 8.00. The predicted molar refractivity (Wildman–Crippen MR) is 98.1 cm³/mol. The number of benzene rings is 1. The molecule has 0 heterocycles. The van der Waals surface area contributed by atoms with Gasteiger partial charge in [-0.2, -0.15) is 0 Å². The van der Waals surface area contributed by atoms with Gasteiger partial charge < -0.3 is 4.43 Å². The van der Waals surface area contributed by atoms with Gasteiger partial charge in [0.05, 0.1) is 6.04 Å². The van der Waals surface area contributed by atoms with Crippen LogP contribution in [-0.4, -0.2) is 14.9 Å². The van der Waals surface area contributed by atoms with Crippen LogP contribution in [0.3, 0.4) is 0 Å². The van der Waals surface area contributed by atoms with Gasteiger partial charge in [-0.3, -0.25) is 0 Å². The minimum absolute atomic E-state index is 0.0333. The Bertz CT molecular complexity index is 601. The second-order valence-corrected chi connectivity index (χ2v) is 12.8. The Labute approximate surface area is 141 Å². The van der Waals surface area contributed by atoms with Gasteiger partial charge >= 0.3 is 0 Å². The fourth-order valence-corrected chi connectivity index (χ4v) is 3.89. The van der Waals surface area contributed by atoms with Crippen LogP contribution in [0.1, 0.15) is 56.3 Å². The molecule has 0 saturated carbocycles. The molecule has 1 aliphatic rings. The number of hydrogen-bond acceptors (Lipinski definition) is 2. The maximum absolute atomic E-state index is 8.62. The quantitative estimate of drug-likeness (QED) is 0.209. The summed E-state index contributed by atoms with van der Waals surface area (Å²) in [7, 11) is -1.62. The lowest BCUT2D eigenvalue weighted by molar-refractivity contribution is 0.282. The highest BCUT2D eigenvalue weighted by atomic mass is 28.4. The highest BCUT2D eigenvalue weighted by Gasteiger charge is 2.36. The summed E-state index contributed by atoms with van der Waals surface area (Å²) in [6.45, 7) is 12.3. The Kier molecular flexibility index (Phi) is 5.56. The second kappa shape index (κ2) is 7.08. The molecular weight excluding hydrogens is 302 g/mol. The Morgan fingerprint density at radius 3 is 2.74 bits per heavy atom. The van der Waals surface area contributed by atoms with Crippen molar-refractivity contribution in [3.63, 3.8) is 0 Å². The van der Waals surface area contributed by atoms with E-state index in [0.717, 1.165) is 32.3 Å². The van der Waals surface area contributed by atoms with Crippen LogP contribution in [0.2, 0.25) is 18.1 Å². The van der Waals surface area contributed by atoms with Crippen molar-refractivity contribution in [1.82, 2.24) is 0 Å². The zero-order valence-corrected chi connectivity index (χ0v) is 16.1. The average molecular weight is 332 g/mol. The third-order valence-electron chi connectivity index (χ3n) is 5.32. The highest BCUT2D eigenvalue weighted by Crippen LogP contribution is 2.37. The average Bonchev–Trinajstić information content (AvgIpc) is 2.85. The van der Waals surface area contributed by atoms with E-state index in [2.05, 4.69) is 62.1 Å². The smallest absolute Gasteiger partial charge is 0.191 e. The predicted octanol–water partition coefficient (Wildman–Crippen LogP) is 5.94. The first-order valence-electron chi connectivity index (χ1n) is 8.54. The third-order valence-corrected chi connectivity index (χ3v) is 9.86. The summed E-state index contributed by atoms with van der Waals surface area (Å²) in [5, 5.41) is 4.16. The summed E-state index contributed by atoms with van der Waals surface area (Å²) in [6.07, 6.45) is 4.07. The summed E-state index contributed by atoms with van der Waals surface area (Å²) in [5.41, 5.74) is 12.5. The van der Waals surface area contributed by atoms with Crippen LogP contribution in [0.5, 0.6) is 0 Å². The van der Waals surface area contributed by atoms with Gasteiger partial charge in [0, 0.05) is 11.5 Å². The molecule has 0 bridgehead atoms. The Morgan fingerprint density at radius 2 is 2.09 bits per heavy atom. The van der Waals surface area contributed by atoms with Crippen molar-refractivity contribution in [3.8, 4) is 0 Å². The summed E-state index contributed by atoms with van der Waals surface area (Å²) in [5.74, 6) is 0. The van der Waals surface area contributed by atoms with E-state index < -0.39 is 8.32 Å². The molecule has 0 saturated heterocycles. The van der Waals surface area contributed by atoms with Crippen molar-refractivity contribution < 1.29 is 4.43 Å². The molecule has 23 heavy (non-hydrogen) atoms.